The van der Waals surface area contributed by atoms with Crippen LogP contribution in [0.5, 0.6) is 0 Å². The van der Waals surface area contributed by atoms with Gasteiger partial charge in [-0.05, 0) is 6.92 Å². The molecule has 1 N–H and O–H groups in total. The Balaban J connectivity index is 0.00000144. The van der Waals surface area contributed by atoms with Crippen LogP contribution in [-0.4, -0.2) is 35.6 Å². The van der Waals surface area contributed by atoms with Gasteiger partial charge >= 0.3 is 0 Å². The van der Waals surface area contributed by atoms with Crippen molar-refractivity contribution in [2.24, 2.45) is 0 Å². The molecule has 2 rings (SSSR count). The van der Waals surface area contributed by atoms with Crippen LogP contribution in [0.15, 0.2) is 6.20 Å². The highest BCUT2D eigenvalue weighted by Crippen LogP contribution is 2.22. The molecule has 0 radical (unpaired) electrons. The van der Waals surface area contributed by atoms with E-state index < -0.39 is 0 Å². The number of hydrogen-bond acceptors (Lipinski definition) is 4. The topological polar surface area (TPSA) is 28.2 Å². The van der Waals surface area contributed by atoms with Crippen molar-refractivity contribution in [2.45, 2.75) is 39.3 Å². The Kier molecular flexibility index (Phi) is 5.86. The Morgan fingerprint density at radius 3 is 2.94 bits per heavy atom. The number of aromatic nitrogens is 1. The zero-order valence-corrected chi connectivity index (χ0v) is 12.4. The molecule has 0 saturated carbocycles. The molecular weight excluding hydrogens is 254 g/mol. The molecule has 0 aromatic carbocycles. The van der Waals surface area contributed by atoms with Gasteiger partial charge in [0.25, 0.3) is 0 Å². The first-order valence-corrected chi connectivity index (χ1v) is 6.87. The third kappa shape index (κ3) is 4.21. The van der Waals surface area contributed by atoms with E-state index in [1.54, 1.807) is 0 Å². The molecule has 0 spiro atoms. The van der Waals surface area contributed by atoms with E-state index in [-0.39, 0.29) is 12.4 Å². The highest BCUT2D eigenvalue weighted by molar-refractivity contribution is 7.11. The number of nitrogens with one attached hydrogen (secondary N) is 1. The molecule has 98 valence electrons. The standard InChI is InChI=1S/C12H21N3S.ClH/c1-9(2)12-14-6-11(16-12)8-15-5-4-13-10(3)7-15;/h6,9-10,13H,4-5,7-8H2,1-3H3;1H. The van der Waals surface area contributed by atoms with Gasteiger partial charge in [0.15, 0.2) is 0 Å². The number of hydrogen-bond donors (Lipinski definition) is 1. The van der Waals surface area contributed by atoms with Crippen molar-refractivity contribution in [2.75, 3.05) is 19.6 Å². The molecular formula is C12H22ClN3S. The zero-order chi connectivity index (χ0) is 11.5. The summed E-state index contributed by atoms with van der Waals surface area (Å²) >= 11 is 1.86. The summed E-state index contributed by atoms with van der Waals surface area (Å²) in [6.45, 7) is 11.1. The molecule has 17 heavy (non-hydrogen) atoms. The number of thiazole rings is 1. The average Bonchev–Trinajstić information content (AvgIpc) is 2.66. The summed E-state index contributed by atoms with van der Waals surface area (Å²) < 4.78 is 0. The Hall–Kier alpha value is -0.160. The maximum absolute atomic E-state index is 4.48. The maximum Gasteiger partial charge on any atom is 0.0953 e. The average molecular weight is 276 g/mol. The van der Waals surface area contributed by atoms with Crippen LogP contribution < -0.4 is 5.32 Å². The third-order valence-electron chi connectivity index (χ3n) is 2.90. The predicted octanol–water partition coefficient (Wildman–Crippen LogP) is 2.48. The molecule has 5 heteroatoms. The van der Waals surface area contributed by atoms with Gasteiger partial charge in [-0.3, -0.25) is 4.90 Å². The van der Waals surface area contributed by atoms with E-state index >= 15 is 0 Å². The van der Waals surface area contributed by atoms with Gasteiger partial charge in [-0.25, -0.2) is 4.98 Å². The van der Waals surface area contributed by atoms with Gasteiger partial charge in [0.2, 0.25) is 0 Å². The van der Waals surface area contributed by atoms with Crippen molar-refractivity contribution >= 4 is 23.7 Å². The van der Waals surface area contributed by atoms with Gasteiger partial charge in [0, 0.05) is 49.2 Å². The van der Waals surface area contributed by atoms with Crippen LogP contribution in [0.3, 0.4) is 0 Å². The Morgan fingerprint density at radius 1 is 1.59 bits per heavy atom. The third-order valence-corrected chi connectivity index (χ3v) is 4.18. The van der Waals surface area contributed by atoms with E-state index in [4.69, 9.17) is 0 Å². The minimum Gasteiger partial charge on any atom is -0.312 e. The van der Waals surface area contributed by atoms with Crippen molar-refractivity contribution in [3.63, 3.8) is 0 Å². The van der Waals surface area contributed by atoms with Gasteiger partial charge in [0.05, 0.1) is 5.01 Å². The first-order chi connectivity index (χ1) is 7.65. The molecule has 1 aromatic heterocycles. The van der Waals surface area contributed by atoms with Crippen LogP contribution in [-0.2, 0) is 6.54 Å². The largest absolute Gasteiger partial charge is 0.312 e. The second-order valence-corrected chi connectivity index (χ2v) is 6.06. The highest BCUT2D eigenvalue weighted by atomic mass is 35.5. The van der Waals surface area contributed by atoms with Crippen molar-refractivity contribution < 1.29 is 0 Å². The summed E-state index contributed by atoms with van der Waals surface area (Å²) in [6, 6.07) is 0.617. The summed E-state index contributed by atoms with van der Waals surface area (Å²) in [5.74, 6) is 0.556. The molecule has 1 saturated heterocycles. The smallest absolute Gasteiger partial charge is 0.0953 e. The van der Waals surface area contributed by atoms with Gasteiger partial charge in [-0.15, -0.1) is 23.7 Å². The lowest BCUT2D eigenvalue weighted by atomic mass is 10.2. The van der Waals surface area contributed by atoms with Crippen LogP contribution >= 0.6 is 23.7 Å². The molecule has 1 aromatic rings. The van der Waals surface area contributed by atoms with Crippen LogP contribution in [0.25, 0.3) is 0 Å². The maximum atomic E-state index is 4.48. The number of piperazine rings is 1. The Labute approximate surface area is 114 Å². The van der Waals surface area contributed by atoms with Crippen LogP contribution in [0.1, 0.15) is 36.6 Å². The SMILES string of the molecule is CC1CN(Cc2cnc(C(C)C)s2)CCN1.Cl. The lowest BCUT2D eigenvalue weighted by Gasteiger charge is -2.31. The van der Waals surface area contributed by atoms with Crippen molar-refractivity contribution in [3.05, 3.63) is 16.1 Å². The van der Waals surface area contributed by atoms with Crippen LogP contribution in [0.4, 0.5) is 0 Å². The summed E-state index contributed by atoms with van der Waals surface area (Å²) in [6.07, 6.45) is 2.05. The molecule has 1 aliphatic rings. The van der Waals surface area contributed by atoms with E-state index in [9.17, 15) is 0 Å². The van der Waals surface area contributed by atoms with E-state index in [2.05, 4.69) is 36.0 Å². The lowest BCUT2D eigenvalue weighted by Crippen LogP contribution is -2.48. The van der Waals surface area contributed by atoms with Crippen molar-refractivity contribution in [1.82, 2.24) is 15.2 Å². The highest BCUT2D eigenvalue weighted by Gasteiger charge is 2.16. The molecule has 1 fully saturated rings. The predicted molar refractivity (Wildman–Crippen MR) is 76.2 cm³/mol. The molecule has 3 nitrogen and oxygen atoms in total. The molecule has 1 unspecified atom stereocenters. The summed E-state index contributed by atoms with van der Waals surface area (Å²) in [4.78, 5) is 8.39. The van der Waals surface area contributed by atoms with Crippen molar-refractivity contribution in [1.29, 1.82) is 0 Å². The van der Waals surface area contributed by atoms with E-state index in [1.165, 1.54) is 9.88 Å². The second-order valence-electron chi connectivity index (χ2n) is 4.91. The summed E-state index contributed by atoms with van der Waals surface area (Å²) in [7, 11) is 0. The first kappa shape index (κ1) is 14.9. The molecule has 1 aliphatic heterocycles. The number of halogens is 1. The first-order valence-electron chi connectivity index (χ1n) is 6.05. The van der Waals surface area contributed by atoms with E-state index in [0.717, 1.165) is 26.2 Å². The fourth-order valence-electron chi connectivity index (χ4n) is 2.04. The molecule has 2 heterocycles. The number of nitrogens with zero attached hydrogens (tertiary/aromatic N) is 2. The van der Waals surface area contributed by atoms with Crippen molar-refractivity contribution in [3.8, 4) is 0 Å². The van der Waals surface area contributed by atoms with Gasteiger partial charge in [-0.2, -0.15) is 0 Å². The Bertz CT molecular complexity index is 340. The van der Waals surface area contributed by atoms with Gasteiger partial charge < -0.3 is 5.32 Å². The fourth-order valence-corrected chi connectivity index (χ4v) is 3.00. The van der Waals surface area contributed by atoms with E-state index in [0.29, 0.717) is 12.0 Å². The normalized spacial score (nSPS) is 21.5. The molecule has 1 atom stereocenters. The molecule has 0 aliphatic carbocycles. The van der Waals surface area contributed by atoms with Gasteiger partial charge in [-0.1, -0.05) is 13.8 Å². The minimum absolute atomic E-state index is 0. The summed E-state index contributed by atoms with van der Waals surface area (Å²) in [5, 5.41) is 4.73. The van der Waals surface area contributed by atoms with Gasteiger partial charge in [0.1, 0.15) is 0 Å². The molecule has 0 bridgehead atoms. The monoisotopic (exact) mass is 275 g/mol. The summed E-state index contributed by atoms with van der Waals surface area (Å²) in [5.41, 5.74) is 0. The quantitative estimate of drug-likeness (QED) is 0.919. The van der Waals surface area contributed by atoms with Crippen LogP contribution in [0, 0.1) is 0 Å². The van der Waals surface area contributed by atoms with E-state index in [1.807, 2.05) is 17.5 Å². The number of rotatable bonds is 3. The fraction of sp³-hybridized carbons (Fsp3) is 0.750. The second kappa shape index (κ2) is 6.69. The lowest BCUT2D eigenvalue weighted by molar-refractivity contribution is 0.201. The zero-order valence-electron chi connectivity index (χ0n) is 10.8. The Morgan fingerprint density at radius 2 is 2.35 bits per heavy atom. The molecule has 0 amide bonds. The van der Waals surface area contributed by atoms with Crippen LogP contribution in [0.2, 0.25) is 0 Å². The minimum atomic E-state index is 0.